The fourth-order valence-electron chi connectivity index (χ4n) is 4.25. The molecule has 1 N–H and O–H groups in total. The van der Waals surface area contributed by atoms with Crippen molar-refractivity contribution >= 4 is 17.1 Å². The number of para-hydroxylation sites is 1. The van der Waals surface area contributed by atoms with Crippen LogP contribution >= 0.6 is 0 Å². The first-order valence-corrected chi connectivity index (χ1v) is 7.49. The Kier molecular flexibility index (Phi) is 1.63. The Balaban J connectivity index is 1.68. The van der Waals surface area contributed by atoms with E-state index in [-0.39, 0.29) is 0 Å². The summed E-state index contributed by atoms with van der Waals surface area (Å²) >= 11 is 0. The molecule has 0 bridgehead atoms. The van der Waals surface area contributed by atoms with Crippen molar-refractivity contribution in [2.45, 2.75) is 24.7 Å². The highest BCUT2D eigenvalue weighted by Gasteiger charge is 2.57. The summed E-state index contributed by atoms with van der Waals surface area (Å²) in [6.07, 6.45) is 9.85. The molecule has 5 heterocycles. The van der Waals surface area contributed by atoms with E-state index in [0.29, 0.717) is 18.2 Å². The van der Waals surface area contributed by atoms with Gasteiger partial charge < -0.3 is 15.1 Å². The zero-order valence-electron chi connectivity index (χ0n) is 11.4. The summed E-state index contributed by atoms with van der Waals surface area (Å²) in [5, 5.41) is 3.64. The molecule has 4 heteroatoms. The molecule has 4 aliphatic heterocycles. The lowest BCUT2D eigenvalue weighted by Crippen LogP contribution is -2.46. The van der Waals surface area contributed by atoms with Crippen LogP contribution in [0.4, 0.5) is 17.1 Å². The van der Waals surface area contributed by atoms with Gasteiger partial charge >= 0.3 is 0 Å². The van der Waals surface area contributed by atoms with Crippen LogP contribution < -0.4 is 15.1 Å². The second-order valence-corrected chi connectivity index (χ2v) is 6.17. The maximum atomic E-state index is 4.32. The van der Waals surface area contributed by atoms with E-state index in [1.54, 1.807) is 0 Å². The summed E-state index contributed by atoms with van der Waals surface area (Å²) in [4.78, 5) is 9.27. The number of rotatable bonds is 0. The summed E-state index contributed by atoms with van der Waals surface area (Å²) < 4.78 is 0. The number of hydrogen-bond donors (Lipinski definition) is 1. The molecule has 21 heavy (non-hydrogen) atoms. The molecular weight excluding hydrogens is 260 g/mol. The van der Waals surface area contributed by atoms with Gasteiger partial charge in [-0.25, -0.2) is 0 Å². The fraction of sp³-hybridized carbons (Fsp3) is 0.235. The molecule has 6 rings (SSSR count). The molecule has 0 saturated carbocycles. The van der Waals surface area contributed by atoms with Crippen LogP contribution in [0.15, 0.2) is 48.9 Å². The predicted molar refractivity (Wildman–Crippen MR) is 81.6 cm³/mol. The average Bonchev–Trinajstić information content (AvgIpc) is 3.27. The van der Waals surface area contributed by atoms with Gasteiger partial charge in [-0.3, -0.25) is 4.98 Å². The molecule has 3 atom stereocenters. The first-order chi connectivity index (χ1) is 10.4. The van der Waals surface area contributed by atoms with E-state index >= 15 is 0 Å². The van der Waals surface area contributed by atoms with Gasteiger partial charge in [-0.05, 0) is 24.1 Å². The normalized spacial score (nSPS) is 29.6. The molecule has 1 saturated heterocycles. The molecule has 3 unspecified atom stereocenters. The molecule has 1 aromatic heterocycles. The zero-order valence-corrected chi connectivity index (χ0v) is 11.4. The van der Waals surface area contributed by atoms with E-state index in [1.807, 2.05) is 12.4 Å². The van der Waals surface area contributed by atoms with Crippen LogP contribution in [-0.4, -0.2) is 17.2 Å². The van der Waals surface area contributed by atoms with E-state index in [0.717, 1.165) is 6.42 Å². The average molecular weight is 274 g/mol. The maximum absolute atomic E-state index is 4.32. The Morgan fingerprint density at radius 1 is 1.19 bits per heavy atom. The largest absolute Gasteiger partial charge is 0.323 e. The van der Waals surface area contributed by atoms with Crippen molar-refractivity contribution in [2.24, 2.45) is 0 Å². The number of hydrogen-bond acceptors (Lipinski definition) is 4. The van der Waals surface area contributed by atoms with Crippen LogP contribution in [0.1, 0.15) is 17.2 Å². The minimum atomic E-state index is 0.359. The van der Waals surface area contributed by atoms with Crippen molar-refractivity contribution in [3.05, 3.63) is 60.1 Å². The van der Waals surface area contributed by atoms with E-state index in [4.69, 9.17) is 0 Å². The minimum Gasteiger partial charge on any atom is -0.323 e. The molecule has 2 aromatic rings. The van der Waals surface area contributed by atoms with Gasteiger partial charge in [0.1, 0.15) is 6.17 Å². The number of benzene rings is 1. The smallest absolute Gasteiger partial charge is 0.128 e. The van der Waals surface area contributed by atoms with Crippen LogP contribution in [0.3, 0.4) is 0 Å². The summed E-state index contributed by atoms with van der Waals surface area (Å²) in [7, 11) is 0. The number of nitrogens with one attached hydrogen (secondary N) is 1. The molecule has 4 aliphatic rings. The van der Waals surface area contributed by atoms with Crippen LogP contribution in [0.25, 0.3) is 0 Å². The number of anilines is 3. The topological polar surface area (TPSA) is 41.3 Å². The molecule has 102 valence electrons. The van der Waals surface area contributed by atoms with Crippen LogP contribution in [0, 0.1) is 0 Å². The Morgan fingerprint density at radius 2 is 2.19 bits per heavy atom. The van der Waals surface area contributed by atoms with Crippen molar-refractivity contribution in [1.29, 1.82) is 0 Å². The first kappa shape index (κ1) is 10.4. The number of allylic oxidation sites excluding steroid dienone is 1. The predicted octanol–water partition coefficient (Wildman–Crippen LogP) is 2.46. The quantitative estimate of drug-likeness (QED) is 0.749. The maximum Gasteiger partial charge on any atom is 0.128 e. The van der Waals surface area contributed by atoms with E-state index in [1.165, 1.54) is 28.2 Å². The van der Waals surface area contributed by atoms with Crippen molar-refractivity contribution < 1.29 is 0 Å². The van der Waals surface area contributed by atoms with Crippen molar-refractivity contribution in [3.63, 3.8) is 0 Å². The number of aromatic nitrogens is 1. The fourth-order valence-corrected chi connectivity index (χ4v) is 4.25. The Hall–Kier alpha value is -2.33. The Morgan fingerprint density at radius 3 is 3.19 bits per heavy atom. The number of nitrogens with zero attached hydrogens (tertiary/aromatic N) is 3. The van der Waals surface area contributed by atoms with Crippen LogP contribution in [-0.2, 0) is 6.42 Å². The van der Waals surface area contributed by atoms with Gasteiger partial charge in [-0.2, -0.15) is 0 Å². The second-order valence-electron chi connectivity index (χ2n) is 6.17. The lowest BCUT2D eigenvalue weighted by atomic mass is 10.0. The van der Waals surface area contributed by atoms with Crippen molar-refractivity contribution in [3.8, 4) is 0 Å². The minimum absolute atomic E-state index is 0.359. The third-order valence-electron chi connectivity index (χ3n) is 5.14. The molecule has 0 aliphatic carbocycles. The first-order valence-electron chi connectivity index (χ1n) is 7.49. The molecule has 0 amide bonds. The van der Waals surface area contributed by atoms with E-state index in [9.17, 15) is 0 Å². The Labute approximate surface area is 122 Å². The third-order valence-corrected chi connectivity index (χ3v) is 5.14. The van der Waals surface area contributed by atoms with Gasteiger partial charge in [0.25, 0.3) is 0 Å². The molecule has 1 aromatic carbocycles. The molecule has 0 radical (unpaired) electrons. The van der Waals surface area contributed by atoms with Crippen LogP contribution in [0.2, 0.25) is 0 Å². The highest BCUT2D eigenvalue weighted by Crippen LogP contribution is 2.56. The highest BCUT2D eigenvalue weighted by molar-refractivity contribution is 5.90. The summed E-state index contributed by atoms with van der Waals surface area (Å²) in [5.41, 5.74) is 6.79. The standard InChI is InChI=1S/C17H14N4/c1-3-10-4-2-8-20-16(10)13(5-1)21-12-6-7-18-9-11(12)14-15(19-14)17(20)21/h1-3,5-9,14-15,17,19H,4H2. The highest BCUT2D eigenvalue weighted by atomic mass is 15.5. The summed E-state index contributed by atoms with van der Waals surface area (Å²) in [6, 6.07) is 9.78. The third kappa shape index (κ3) is 1.10. The lowest BCUT2D eigenvalue weighted by Gasteiger charge is -2.35. The van der Waals surface area contributed by atoms with Gasteiger partial charge in [0.15, 0.2) is 0 Å². The lowest BCUT2D eigenvalue weighted by molar-refractivity contribution is 0.636. The monoisotopic (exact) mass is 274 g/mol. The molecule has 0 spiro atoms. The van der Waals surface area contributed by atoms with Gasteiger partial charge in [-0.1, -0.05) is 18.2 Å². The van der Waals surface area contributed by atoms with E-state index in [2.05, 4.69) is 56.6 Å². The van der Waals surface area contributed by atoms with Gasteiger partial charge in [-0.15, -0.1) is 0 Å². The molecule has 1 fully saturated rings. The number of fused-ring (bicyclic) bond motifs is 8. The Bertz CT molecular complexity index is 812. The summed E-state index contributed by atoms with van der Waals surface area (Å²) in [5.74, 6) is 0. The molecule has 4 nitrogen and oxygen atoms in total. The second kappa shape index (κ2) is 3.28. The SMILES string of the molecule is C1=CN2c3c(cccc3N3c4ccncc4C4NC4C23)C1. The van der Waals surface area contributed by atoms with Crippen molar-refractivity contribution in [2.75, 3.05) is 9.80 Å². The summed E-state index contributed by atoms with van der Waals surface area (Å²) in [6.45, 7) is 0. The van der Waals surface area contributed by atoms with E-state index < -0.39 is 0 Å². The van der Waals surface area contributed by atoms with Gasteiger partial charge in [0, 0.05) is 24.2 Å². The van der Waals surface area contributed by atoms with Crippen molar-refractivity contribution in [1.82, 2.24) is 10.3 Å². The van der Waals surface area contributed by atoms with Crippen LogP contribution in [0.5, 0.6) is 0 Å². The zero-order chi connectivity index (χ0) is 13.6. The molecular formula is C17H14N4. The number of pyridine rings is 1. The van der Waals surface area contributed by atoms with Gasteiger partial charge in [0.05, 0.1) is 29.1 Å². The van der Waals surface area contributed by atoms with Gasteiger partial charge in [0.2, 0.25) is 0 Å².